The Morgan fingerprint density at radius 2 is 1.92 bits per heavy atom. The second-order valence-electron chi connectivity index (χ2n) is 6.21. The van der Waals surface area contributed by atoms with Crippen LogP contribution in [-0.2, 0) is 6.54 Å². The summed E-state index contributed by atoms with van der Waals surface area (Å²) < 4.78 is 0. The Morgan fingerprint density at radius 3 is 2.65 bits per heavy atom. The molecular weight excluding hydrogens is 330 g/mol. The van der Waals surface area contributed by atoms with Crippen LogP contribution in [0.3, 0.4) is 0 Å². The molecule has 132 valence electrons. The number of H-pyrrole nitrogens is 1. The molecule has 2 aromatic heterocycles. The van der Waals surface area contributed by atoms with Gasteiger partial charge in [0.25, 0.3) is 5.91 Å². The molecule has 1 saturated heterocycles. The number of aromatic nitrogens is 5. The topological polar surface area (TPSA) is 90.9 Å². The zero-order valence-corrected chi connectivity index (χ0v) is 14.2. The third-order valence-electron chi connectivity index (χ3n) is 4.53. The van der Waals surface area contributed by atoms with Crippen molar-refractivity contribution < 1.29 is 4.79 Å². The van der Waals surface area contributed by atoms with E-state index in [0.29, 0.717) is 30.0 Å². The summed E-state index contributed by atoms with van der Waals surface area (Å²) in [5.74, 6) is 0.440. The first kappa shape index (κ1) is 16.3. The number of benzene rings is 1. The monoisotopic (exact) mass is 349 g/mol. The molecule has 0 aliphatic carbocycles. The number of piperazine rings is 1. The van der Waals surface area contributed by atoms with Crippen LogP contribution in [0.25, 0.3) is 11.4 Å². The normalized spacial score (nSPS) is 15.2. The van der Waals surface area contributed by atoms with Crippen LogP contribution in [0.15, 0.2) is 48.8 Å². The van der Waals surface area contributed by atoms with E-state index >= 15 is 0 Å². The highest BCUT2D eigenvalue weighted by Gasteiger charge is 2.24. The molecule has 0 atom stereocenters. The molecule has 1 amide bonds. The van der Waals surface area contributed by atoms with Crippen LogP contribution in [-0.4, -0.2) is 67.5 Å². The molecule has 8 nitrogen and oxygen atoms in total. The van der Waals surface area contributed by atoms with Gasteiger partial charge in [0.05, 0.1) is 5.56 Å². The van der Waals surface area contributed by atoms with Gasteiger partial charge in [-0.25, -0.2) is 0 Å². The Bertz CT molecular complexity index is 858. The smallest absolute Gasteiger partial charge is 0.254 e. The number of hydrogen-bond acceptors (Lipinski definition) is 6. The molecule has 0 saturated carbocycles. The Hall–Kier alpha value is -3.13. The molecule has 1 fully saturated rings. The molecule has 0 unspecified atom stereocenters. The molecule has 0 radical (unpaired) electrons. The summed E-state index contributed by atoms with van der Waals surface area (Å²) in [5, 5.41) is 14.0. The van der Waals surface area contributed by atoms with Gasteiger partial charge in [0.15, 0.2) is 0 Å². The number of pyridine rings is 1. The first-order valence-corrected chi connectivity index (χ1v) is 8.54. The predicted molar refractivity (Wildman–Crippen MR) is 95.0 cm³/mol. The van der Waals surface area contributed by atoms with E-state index in [1.54, 1.807) is 6.20 Å². The summed E-state index contributed by atoms with van der Waals surface area (Å²) in [5.41, 5.74) is 2.49. The highest BCUT2D eigenvalue weighted by molar-refractivity contribution is 6.00. The molecular formula is C18H19N7O. The lowest BCUT2D eigenvalue weighted by Gasteiger charge is -2.35. The lowest BCUT2D eigenvalue weighted by atomic mass is 10.1. The number of amides is 1. The Labute approximate surface area is 150 Å². The van der Waals surface area contributed by atoms with Gasteiger partial charge in [-0.05, 0) is 22.9 Å². The highest BCUT2D eigenvalue weighted by Crippen LogP contribution is 2.21. The maximum absolute atomic E-state index is 13.0. The van der Waals surface area contributed by atoms with Crippen molar-refractivity contribution in [3.8, 4) is 11.4 Å². The van der Waals surface area contributed by atoms with Crippen LogP contribution in [0.4, 0.5) is 0 Å². The van der Waals surface area contributed by atoms with Crippen LogP contribution >= 0.6 is 0 Å². The predicted octanol–water partition coefficient (Wildman–Crippen LogP) is 1.22. The van der Waals surface area contributed by atoms with Gasteiger partial charge in [0.1, 0.15) is 0 Å². The number of nitrogens with one attached hydrogen (secondary N) is 1. The van der Waals surface area contributed by atoms with Crippen molar-refractivity contribution >= 4 is 5.91 Å². The Morgan fingerprint density at radius 1 is 1.08 bits per heavy atom. The number of nitrogens with zero attached hydrogens (tertiary/aromatic N) is 6. The van der Waals surface area contributed by atoms with Gasteiger partial charge in [-0.2, -0.15) is 5.21 Å². The first-order chi connectivity index (χ1) is 12.8. The fraction of sp³-hybridized carbons (Fsp3) is 0.278. The van der Waals surface area contributed by atoms with Gasteiger partial charge in [0, 0.05) is 50.7 Å². The zero-order chi connectivity index (χ0) is 17.8. The summed E-state index contributed by atoms with van der Waals surface area (Å²) in [6, 6.07) is 11.4. The van der Waals surface area contributed by atoms with E-state index < -0.39 is 0 Å². The summed E-state index contributed by atoms with van der Waals surface area (Å²) in [6.45, 7) is 3.92. The second-order valence-corrected chi connectivity index (χ2v) is 6.21. The van der Waals surface area contributed by atoms with Crippen LogP contribution in [0.2, 0.25) is 0 Å². The quantitative estimate of drug-likeness (QED) is 0.762. The SMILES string of the molecule is O=C(c1ccccc1-c1nn[nH]n1)N1CCN(Cc2cccnc2)CC1. The molecule has 1 aromatic carbocycles. The second kappa shape index (κ2) is 7.40. The minimum absolute atomic E-state index is 0.00595. The van der Waals surface area contributed by atoms with E-state index in [9.17, 15) is 4.79 Å². The molecule has 26 heavy (non-hydrogen) atoms. The Balaban J connectivity index is 1.43. The van der Waals surface area contributed by atoms with Crippen molar-refractivity contribution in [2.75, 3.05) is 26.2 Å². The molecule has 4 rings (SSSR count). The number of carbonyl (C=O) groups is 1. The summed E-state index contributed by atoms with van der Waals surface area (Å²) >= 11 is 0. The molecule has 8 heteroatoms. The fourth-order valence-corrected chi connectivity index (χ4v) is 3.17. The summed E-state index contributed by atoms with van der Waals surface area (Å²) in [7, 11) is 0. The zero-order valence-electron chi connectivity index (χ0n) is 14.2. The number of aromatic amines is 1. The molecule has 0 spiro atoms. The van der Waals surface area contributed by atoms with E-state index in [1.807, 2.05) is 41.4 Å². The number of tetrazole rings is 1. The van der Waals surface area contributed by atoms with Crippen molar-refractivity contribution in [2.24, 2.45) is 0 Å². The van der Waals surface area contributed by atoms with Crippen molar-refractivity contribution in [3.05, 3.63) is 59.9 Å². The largest absolute Gasteiger partial charge is 0.336 e. The maximum Gasteiger partial charge on any atom is 0.254 e. The first-order valence-electron chi connectivity index (χ1n) is 8.54. The number of rotatable bonds is 4. The van der Waals surface area contributed by atoms with E-state index in [1.165, 1.54) is 5.56 Å². The molecule has 1 aliphatic heterocycles. The molecule has 0 bridgehead atoms. The van der Waals surface area contributed by atoms with Gasteiger partial charge >= 0.3 is 0 Å². The molecule has 3 aromatic rings. The van der Waals surface area contributed by atoms with E-state index in [-0.39, 0.29) is 5.91 Å². The molecule has 3 heterocycles. The third-order valence-corrected chi connectivity index (χ3v) is 4.53. The van der Waals surface area contributed by atoms with Gasteiger partial charge < -0.3 is 4.90 Å². The van der Waals surface area contributed by atoms with Gasteiger partial charge in [0.2, 0.25) is 5.82 Å². The van der Waals surface area contributed by atoms with Crippen molar-refractivity contribution in [2.45, 2.75) is 6.54 Å². The summed E-state index contributed by atoms with van der Waals surface area (Å²) in [6.07, 6.45) is 3.67. The lowest BCUT2D eigenvalue weighted by molar-refractivity contribution is 0.0629. The standard InChI is InChI=1S/C18H19N7O/c26-18(16-6-2-1-5-15(16)17-20-22-23-21-17)25-10-8-24(9-11-25)13-14-4-3-7-19-12-14/h1-7,12H,8-11,13H2,(H,20,21,22,23). The maximum atomic E-state index is 13.0. The third kappa shape index (κ3) is 3.45. The van der Waals surface area contributed by atoms with Gasteiger partial charge in [-0.15, -0.1) is 10.2 Å². The minimum Gasteiger partial charge on any atom is -0.336 e. The van der Waals surface area contributed by atoms with E-state index in [4.69, 9.17) is 0 Å². The van der Waals surface area contributed by atoms with E-state index in [0.717, 1.165) is 19.6 Å². The average molecular weight is 349 g/mol. The summed E-state index contributed by atoms with van der Waals surface area (Å²) in [4.78, 5) is 21.4. The van der Waals surface area contributed by atoms with Crippen LogP contribution in [0.5, 0.6) is 0 Å². The molecule has 1 aliphatic rings. The van der Waals surface area contributed by atoms with Gasteiger partial charge in [-0.3, -0.25) is 14.7 Å². The lowest BCUT2D eigenvalue weighted by Crippen LogP contribution is -2.48. The van der Waals surface area contributed by atoms with Crippen molar-refractivity contribution in [1.82, 2.24) is 35.4 Å². The minimum atomic E-state index is 0.00595. The Kier molecular flexibility index (Phi) is 4.65. The highest BCUT2D eigenvalue weighted by atomic mass is 16.2. The van der Waals surface area contributed by atoms with Crippen LogP contribution in [0, 0.1) is 0 Å². The number of carbonyl (C=O) groups excluding carboxylic acids is 1. The molecule has 1 N–H and O–H groups in total. The van der Waals surface area contributed by atoms with Crippen molar-refractivity contribution in [3.63, 3.8) is 0 Å². The van der Waals surface area contributed by atoms with Crippen molar-refractivity contribution in [1.29, 1.82) is 0 Å². The number of hydrogen-bond donors (Lipinski definition) is 1. The van der Waals surface area contributed by atoms with E-state index in [2.05, 4.69) is 36.6 Å². The van der Waals surface area contributed by atoms with Gasteiger partial charge in [-0.1, -0.05) is 24.3 Å². The van der Waals surface area contributed by atoms with Crippen LogP contribution in [0.1, 0.15) is 15.9 Å². The fourth-order valence-electron chi connectivity index (χ4n) is 3.17. The average Bonchev–Trinajstić information content (AvgIpc) is 3.24. The van der Waals surface area contributed by atoms with Crippen LogP contribution < -0.4 is 0 Å².